The number of nitrogens with zero attached hydrogens (tertiary/aromatic N) is 2. The van der Waals surface area contributed by atoms with Crippen molar-refractivity contribution in [3.8, 4) is 17.2 Å². The smallest absolute Gasteiger partial charge is 1.00 e. The van der Waals surface area contributed by atoms with Crippen molar-refractivity contribution in [3.05, 3.63) is 91.0 Å². The Morgan fingerprint density at radius 3 is 1.68 bits per heavy atom. The van der Waals surface area contributed by atoms with Crippen LogP contribution in [0, 0.1) is 0 Å². The van der Waals surface area contributed by atoms with E-state index in [2.05, 4.69) is 41.3 Å². The molecule has 0 radical (unpaired) electrons. The Morgan fingerprint density at radius 2 is 1.14 bits per heavy atom. The minimum absolute atomic E-state index is 0. The summed E-state index contributed by atoms with van der Waals surface area (Å²) in [6, 6.07) is 30.1. The van der Waals surface area contributed by atoms with Gasteiger partial charge in [-0.15, -0.1) is 0 Å². The third-order valence-electron chi connectivity index (χ3n) is 6.02. The van der Waals surface area contributed by atoms with Gasteiger partial charge >= 0.3 is 221 Å². The predicted octanol–water partition coefficient (Wildman–Crippen LogP) is -1.32. The monoisotopic (exact) mass is 578 g/mol. The largest absolute Gasteiger partial charge is 1.00 e. The van der Waals surface area contributed by atoms with Crippen LogP contribution in [-0.2, 0) is 20.7 Å². The van der Waals surface area contributed by atoms with Crippen molar-refractivity contribution in [2.75, 3.05) is 26.7 Å². The minimum atomic E-state index is -0.112. The van der Waals surface area contributed by atoms with Gasteiger partial charge in [-0.1, -0.05) is 0 Å². The number of ether oxygens (including phenoxy) is 3. The number of para-hydroxylation sites is 3. The van der Waals surface area contributed by atoms with Gasteiger partial charge in [0.25, 0.3) is 0 Å². The van der Waals surface area contributed by atoms with E-state index in [1.807, 2.05) is 91.0 Å². The Hall–Kier alpha value is -1.77. The molecule has 0 aromatic heterocycles. The zero-order valence-electron chi connectivity index (χ0n) is 21.0. The maximum absolute atomic E-state index is 6.42. The van der Waals surface area contributed by atoms with E-state index < -0.39 is 0 Å². The van der Waals surface area contributed by atoms with Crippen LogP contribution in [0.25, 0.3) is 0 Å². The summed E-state index contributed by atoms with van der Waals surface area (Å²) < 4.78 is 21.4. The van der Waals surface area contributed by atoms with Crippen molar-refractivity contribution in [2.45, 2.75) is 37.9 Å². The van der Waals surface area contributed by atoms with Crippen LogP contribution in [0.5, 0.6) is 17.2 Å². The van der Waals surface area contributed by atoms with Crippen molar-refractivity contribution >= 4 is 0 Å². The van der Waals surface area contributed by atoms with Crippen molar-refractivity contribution in [1.82, 2.24) is 13.6 Å². The van der Waals surface area contributed by atoms with Crippen LogP contribution in [0.15, 0.2) is 91.0 Å². The summed E-state index contributed by atoms with van der Waals surface area (Å²) in [7, 11) is 2.12. The van der Waals surface area contributed by atoms with Crippen LogP contribution >= 0.6 is 0 Å². The zero-order chi connectivity index (χ0) is 24.3. The van der Waals surface area contributed by atoms with Gasteiger partial charge in [0.15, 0.2) is 0 Å². The average Bonchev–Trinajstić information content (AvgIpc) is 2.89. The second-order valence-electron chi connectivity index (χ2n) is 8.68. The fourth-order valence-electron chi connectivity index (χ4n) is 4.05. The Morgan fingerprint density at radius 1 is 0.649 bits per heavy atom. The summed E-state index contributed by atoms with van der Waals surface area (Å²) in [5.74, 6) is 2.63. The van der Waals surface area contributed by atoms with Gasteiger partial charge in [0.1, 0.15) is 0 Å². The molecule has 0 spiro atoms. The van der Waals surface area contributed by atoms with Crippen LogP contribution in [0.4, 0.5) is 0 Å². The van der Waals surface area contributed by atoms with Gasteiger partial charge in [0, 0.05) is 0 Å². The zero-order valence-corrected chi connectivity index (χ0v) is 24.1. The molecule has 6 nitrogen and oxygen atoms in total. The number of nitrogens with one attached hydrogen (secondary N) is 1. The average molecular weight is 579 g/mol. The maximum Gasteiger partial charge on any atom is -1.00 e. The molecule has 3 atom stereocenters. The van der Waals surface area contributed by atoms with Crippen LogP contribution in [0.1, 0.15) is 19.3 Å². The Balaban J connectivity index is 0.00000241. The van der Waals surface area contributed by atoms with E-state index in [1.54, 1.807) is 0 Å². The van der Waals surface area contributed by atoms with E-state index in [4.69, 9.17) is 14.2 Å². The minimum Gasteiger partial charge on any atom is -1.00 e. The molecule has 1 saturated heterocycles. The standard InChI is InChI=1S/C28H34N3O3.2ClH.Ti/c1-31-22-19-27(33-24-13-7-3-8-14-24)29-20-17-26(32-23-11-5-2-6-12-23)30-21-18-28(31)34-25-15-9-4-10-16-25;;;/h2-16,26-29H,17-22H2,1H3;2*1H;/q-1;;;+3/p-2. The Kier molecular flexibility index (Phi) is 14.4. The molecule has 0 aliphatic carbocycles. The fourth-order valence-corrected chi connectivity index (χ4v) is 4.54. The maximum atomic E-state index is 6.42. The number of halogens is 2. The second kappa shape index (κ2) is 16.9. The molecule has 1 heterocycles. The van der Waals surface area contributed by atoms with Crippen molar-refractivity contribution < 1.29 is 59.7 Å². The molecule has 0 bridgehead atoms. The van der Waals surface area contributed by atoms with Gasteiger partial charge in [0.05, 0.1) is 0 Å². The van der Waals surface area contributed by atoms with Gasteiger partial charge in [0.2, 0.25) is 0 Å². The van der Waals surface area contributed by atoms with Crippen LogP contribution in [0.2, 0.25) is 0 Å². The van der Waals surface area contributed by atoms with Gasteiger partial charge in [-0.25, -0.2) is 0 Å². The summed E-state index contributed by atoms with van der Waals surface area (Å²) in [4.78, 5) is 2.28. The van der Waals surface area contributed by atoms with Gasteiger partial charge in [-0.3, -0.25) is 0 Å². The van der Waals surface area contributed by atoms with Crippen molar-refractivity contribution in [1.29, 1.82) is 0 Å². The van der Waals surface area contributed by atoms with E-state index in [0.717, 1.165) is 56.1 Å². The summed E-state index contributed by atoms with van der Waals surface area (Å²) in [6.07, 6.45) is 2.28. The van der Waals surface area contributed by atoms with E-state index in [0.29, 0.717) is 0 Å². The number of hydrogen-bond donors (Lipinski definition) is 1. The molecule has 1 fully saturated rings. The number of rotatable bonds is 6. The van der Waals surface area contributed by atoms with Crippen LogP contribution in [0.3, 0.4) is 0 Å². The van der Waals surface area contributed by atoms with E-state index in [1.165, 1.54) is 0 Å². The Bertz CT molecular complexity index is 992. The molecule has 1 aliphatic heterocycles. The molecule has 0 saturated carbocycles. The van der Waals surface area contributed by atoms with Crippen molar-refractivity contribution in [2.24, 2.45) is 0 Å². The molecule has 4 rings (SSSR count). The molecular weight excluding hydrogens is 545 g/mol. The fraction of sp³-hybridized carbons (Fsp3) is 0.357. The van der Waals surface area contributed by atoms with Crippen LogP contribution < -0.4 is 44.3 Å². The summed E-state index contributed by atoms with van der Waals surface area (Å²) >= 11 is 2.12. The van der Waals surface area contributed by atoms with Gasteiger partial charge < -0.3 is 24.8 Å². The van der Waals surface area contributed by atoms with Gasteiger partial charge in [-0.2, -0.15) is 0 Å². The van der Waals surface area contributed by atoms with Crippen molar-refractivity contribution in [3.63, 3.8) is 0 Å². The number of benzene rings is 3. The molecule has 197 valence electrons. The molecule has 3 aromatic rings. The first-order chi connectivity index (χ1) is 17.2. The molecule has 9 heteroatoms. The molecule has 3 unspecified atom stereocenters. The van der Waals surface area contributed by atoms with E-state index >= 15 is 0 Å². The quantitative estimate of drug-likeness (QED) is 0.366. The van der Waals surface area contributed by atoms with E-state index in [9.17, 15) is 0 Å². The second-order valence-corrected chi connectivity index (χ2v) is 9.58. The number of hydrogen-bond acceptors (Lipinski definition) is 6. The summed E-state index contributed by atoms with van der Waals surface area (Å²) in [5.41, 5.74) is 0. The summed E-state index contributed by atoms with van der Waals surface area (Å²) in [5, 5.41) is 3.61. The normalized spacial score (nSPS) is 21.8. The van der Waals surface area contributed by atoms with Crippen LogP contribution in [-0.4, -0.2) is 53.6 Å². The third kappa shape index (κ3) is 10.5. The Labute approximate surface area is 245 Å². The molecule has 0 amide bonds. The van der Waals surface area contributed by atoms with Gasteiger partial charge in [-0.05, 0) is 0 Å². The predicted molar refractivity (Wildman–Crippen MR) is 134 cm³/mol. The topological polar surface area (TPSA) is 46.2 Å². The van der Waals surface area contributed by atoms with E-state index in [-0.39, 0.29) is 43.5 Å². The molecule has 1 aliphatic rings. The first-order valence-corrected chi connectivity index (χ1v) is 12.9. The third-order valence-corrected chi connectivity index (χ3v) is 6.81. The first-order valence-electron chi connectivity index (χ1n) is 12.2. The molecule has 37 heavy (non-hydrogen) atoms. The molecule has 3 aromatic carbocycles. The summed E-state index contributed by atoms with van der Waals surface area (Å²) in [6.45, 7) is 2.48. The molecule has 1 N–H and O–H groups in total. The molecular formula is C28H34Cl2N3O3Ti. The first kappa shape index (κ1) is 31.5. The SMILES string of the molecule is CN1CCC(Oc2ccccc2)NCCC(Oc2ccccc2)[N]([Ti+2])CCC1Oc1ccccc1.[Cl-].[Cl-].